The van der Waals surface area contributed by atoms with E-state index in [4.69, 9.17) is 29.4 Å². The van der Waals surface area contributed by atoms with Crippen molar-refractivity contribution >= 4 is 17.2 Å². The maximum atomic E-state index is 6.16. The molecule has 0 rings (SSSR count). The largest absolute Gasteiger partial charge is 0.377 e. The first-order chi connectivity index (χ1) is 16.1. The molecule has 0 aliphatic heterocycles. The number of hydrogen-bond acceptors (Lipinski definition) is 6. The molecule has 0 amide bonds. The zero-order valence-electron chi connectivity index (χ0n) is 22.3. The summed E-state index contributed by atoms with van der Waals surface area (Å²) >= 11 is 0. The second kappa shape index (κ2) is 24.3. The standard InChI is InChI=1S/C25H55NO5P2/c1-6-14-28-23(29-15-7-2)10-18-32-20-12-25(22-26,27-5)13-21-33-19-11-24(30-16-8-3)31-17-9-4/h23-24,32-33H,6-22,26H2,1-5H3. The molecule has 2 atom stereocenters. The molecule has 0 aromatic carbocycles. The summed E-state index contributed by atoms with van der Waals surface area (Å²) in [5.41, 5.74) is 5.98. The van der Waals surface area contributed by atoms with Crippen LogP contribution in [-0.2, 0) is 23.7 Å². The Morgan fingerprint density at radius 1 is 0.636 bits per heavy atom. The van der Waals surface area contributed by atoms with Crippen LogP contribution in [-0.4, -0.2) is 82.9 Å². The number of rotatable bonds is 26. The summed E-state index contributed by atoms with van der Waals surface area (Å²) in [7, 11) is 3.60. The van der Waals surface area contributed by atoms with Gasteiger partial charge in [0, 0.05) is 52.9 Å². The average Bonchev–Trinajstić information content (AvgIpc) is 2.84. The number of nitrogens with two attached hydrogens (primary N) is 1. The molecule has 0 aliphatic carbocycles. The van der Waals surface area contributed by atoms with Crippen molar-refractivity contribution in [2.24, 2.45) is 5.73 Å². The molecular weight excluding hydrogens is 456 g/mol. The molecule has 0 radical (unpaired) electrons. The molecule has 0 saturated heterocycles. The highest BCUT2D eigenvalue weighted by Crippen LogP contribution is 2.28. The van der Waals surface area contributed by atoms with Crippen LogP contribution in [0.1, 0.15) is 79.1 Å². The molecule has 0 aliphatic rings. The Balaban J connectivity index is 4.20. The van der Waals surface area contributed by atoms with Gasteiger partial charge in [0.25, 0.3) is 0 Å². The van der Waals surface area contributed by atoms with Crippen molar-refractivity contribution in [2.45, 2.75) is 97.2 Å². The van der Waals surface area contributed by atoms with Gasteiger partial charge in [-0.15, -0.1) is 17.2 Å². The van der Waals surface area contributed by atoms with Gasteiger partial charge >= 0.3 is 0 Å². The van der Waals surface area contributed by atoms with Crippen LogP contribution in [0.25, 0.3) is 0 Å². The van der Waals surface area contributed by atoms with Gasteiger partial charge in [0.2, 0.25) is 0 Å². The van der Waals surface area contributed by atoms with Gasteiger partial charge < -0.3 is 29.4 Å². The van der Waals surface area contributed by atoms with Crippen LogP contribution in [0.5, 0.6) is 0 Å². The third-order valence-corrected chi connectivity index (χ3v) is 7.96. The van der Waals surface area contributed by atoms with E-state index in [2.05, 4.69) is 27.7 Å². The van der Waals surface area contributed by atoms with Crippen molar-refractivity contribution in [3.8, 4) is 0 Å². The molecular formula is C25H55NO5P2. The highest BCUT2D eigenvalue weighted by Gasteiger charge is 2.27. The Morgan fingerprint density at radius 3 is 1.27 bits per heavy atom. The minimum atomic E-state index is -0.187. The van der Waals surface area contributed by atoms with Crippen LogP contribution in [0.4, 0.5) is 0 Å². The van der Waals surface area contributed by atoms with Gasteiger partial charge in [-0.25, -0.2) is 0 Å². The third-order valence-electron chi connectivity index (χ3n) is 5.46. The molecule has 0 heterocycles. The fraction of sp³-hybridized carbons (Fsp3) is 1.00. The fourth-order valence-electron chi connectivity index (χ4n) is 3.37. The third kappa shape index (κ3) is 18.5. The molecule has 6 nitrogen and oxygen atoms in total. The molecule has 33 heavy (non-hydrogen) atoms. The molecule has 200 valence electrons. The minimum Gasteiger partial charge on any atom is -0.377 e. The van der Waals surface area contributed by atoms with Crippen LogP contribution in [0.15, 0.2) is 0 Å². The minimum absolute atomic E-state index is 0.0493. The molecule has 0 aromatic heterocycles. The molecule has 8 heteroatoms. The van der Waals surface area contributed by atoms with Gasteiger partial charge in [-0.3, -0.25) is 0 Å². The highest BCUT2D eigenvalue weighted by atomic mass is 31.1. The topological polar surface area (TPSA) is 72.2 Å². The lowest BCUT2D eigenvalue weighted by atomic mass is 9.97. The molecule has 0 spiro atoms. The van der Waals surface area contributed by atoms with Gasteiger partial charge in [-0.05, 0) is 63.2 Å². The summed E-state index contributed by atoms with van der Waals surface area (Å²) < 4.78 is 29.3. The lowest BCUT2D eigenvalue weighted by molar-refractivity contribution is -0.142. The maximum absolute atomic E-state index is 6.16. The SMILES string of the molecule is CCCOC(CCPCCC(CN)(CCPCCC(OCCC)OCCC)OC)OCCC. The predicted octanol–water partition coefficient (Wildman–Crippen LogP) is 5.61. The summed E-state index contributed by atoms with van der Waals surface area (Å²) in [6, 6.07) is 0. The van der Waals surface area contributed by atoms with E-state index >= 15 is 0 Å². The van der Waals surface area contributed by atoms with Crippen LogP contribution < -0.4 is 5.73 Å². The molecule has 0 bridgehead atoms. The number of hydrogen-bond donors (Lipinski definition) is 1. The monoisotopic (exact) mass is 511 g/mol. The van der Waals surface area contributed by atoms with E-state index in [1.165, 1.54) is 0 Å². The van der Waals surface area contributed by atoms with Crippen molar-refractivity contribution in [1.82, 2.24) is 0 Å². The molecule has 0 saturated carbocycles. The number of ether oxygens (including phenoxy) is 5. The second-order valence-corrected chi connectivity index (χ2v) is 11.5. The van der Waals surface area contributed by atoms with E-state index in [1.54, 1.807) is 0 Å². The maximum Gasteiger partial charge on any atom is 0.157 e. The van der Waals surface area contributed by atoms with E-state index in [0.717, 1.165) is 120 Å². The summed E-state index contributed by atoms with van der Waals surface area (Å²) in [4.78, 5) is 0. The van der Waals surface area contributed by atoms with E-state index < -0.39 is 0 Å². The van der Waals surface area contributed by atoms with Gasteiger partial charge in [0.05, 0.1) is 5.60 Å². The van der Waals surface area contributed by atoms with Crippen LogP contribution in [0.3, 0.4) is 0 Å². The Bertz CT molecular complexity index is 355. The van der Waals surface area contributed by atoms with Crippen molar-refractivity contribution in [3.63, 3.8) is 0 Å². The normalized spacial score (nSPS) is 14.5. The summed E-state index contributed by atoms with van der Waals surface area (Å²) in [5.74, 6) is 0. The van der Waals surface area contributed by atoms with Crippen LogP contribution in [0, 0.1) is 0 Å². The van der Waals surface area contributed by atoms with Crippen molar-refractivity contribution in [3.05, 3.63) is 0 Å². The van der Waals surface area contributed by atoms with Crippen LogP contribution in [0.2, 0.25) is 0 Å². The van der Waals surface area contributed by atoms with E-state index in [9.17, 15) is 0 Å². The molecule has 0 fully saturated rings. The first kappa shape index (κ1) is 33.6. The summed E-state index contributed by atoms with van der Waals surface area (Å²) in [5, 5.41) is 0. The Hall–Kier alpha value is 0.620. The summed E-state index contributed by atoms with van der Waals surface area (Å²) in [6.07, 6.45) is 12.6. The van der Waals surface area contributed by atoms with Crippen molar-refractivity contribution in [2.75, 3.05) is 64.7 Å². The van der Waals surface area contributed by atoms with Crippen molar-refractivity contribution in [1.29, 1.82) is 0 Å². The van der Waals surface area contributed by atoms with Gasteiger partial charge in [-0.1, -0.05) is 27.7 Å². The van der Waals surface area contributed by atoms with Gasteiger partial charge in [-0.2, -0.15) is 0 Å². The zero-order chi connectivity index (χ0) is 24.6. The summed E-state index contributed by atoms with van der Waals surface area (Å²) in [6.45, 7) is 12.2. The fourth-order valence-corrected chi connectivity index (χ4v) is 6.01. The Kier molecular flexibility index (Phi) is 24.8. The van der Waals surface area contributed by atoms with Crippen LogP contribution >= 0.6 is 17.2 Å². The first-order valence-corrected chi connectivity index (χ1v) is 16.1. The lowest BCUT2D eigenvalue weighted by Gasteiger charge is -2.31. The molecule has 0 aromatic rings. The van der Waals surface area contributed by atoms with Gasteiger partial charge in [0.15, 0.2) is 12.6 Å². The van der Waals surface area contributed by atoms with Crippen molar-refractivity contribution < 1.29 is 23.7 Å². The lowest BCUT2D eigenvalue weighted by Crippen LogP contribution is -2.41. The zero-order valence-corrected chi connectivity index (χ0v) is 24.3. The van der Waals surface area contributed by atoms with E-state index in [0.29, 0.717) is 6.54 Å². The number of methoxy groups -OCH3 is 1. The highest BCUT2D eigenvalue weighted by molar-refractivity contribution is 7.38. The second-order valence-electron chi connectivity index (χ2n) is 8.51. The van der Waals surface area contributed by atoms with E-state index in [-0.39, 0.29) is 18.2 Å². The smallest absolute Gasteiger partial charge is 0.157 e. The molecule has 2 N–H and O–H groups in total. The molecule has 2 unspecified atom stereocenters. The Morgan fingerprint density at radius 2 is 1.00 bits per heavy atom. The first-order valence-electron chi connectivity index (χ1n) is 13.2. The predicted molar refractivity (Wildman–Crippen MR) is 146 cm³/mol. The quantitative estimate of drug-likeness (QED) is 0.0925. The van der Waals surface area contributed by atoms with Gasteiger partial charge in [0.1, 0.15) is 0 Å². The average molecular weight is 512 g/mol. The Labute approximate surface area is 208 Å². The van der Waals surface area contributed by atoms with E-state index in [1.807, 2.05) is 7.11 Å².